The molecule has 1 aromatic carbocycles. The molecule has 0 atom stereocenters. The minimum absolute atomic E-state index is 0. The fraction of sp³-hybridized carbons (Fsp3) is 0.667. The molecule has 0 heterocycles. The number of rotatable bonds is 27. The van der Waals surface area contributed by atoms with Gasteiger partial charge in [0.15, 0.2) is 0 Å². The van der Waals surface area contributed by atoms with Crippen LogP contribution in [0.25, 0.3) is 0 Å². The van der Waals surface area contributed by atoms with Gasteiger partial charge in [-0.15, -0.1) is 0 Å². The van der Waals surface area contributed by atoms with E-state index in [2.05, 4.69) is 31.2 Å². The molecule has 7 nitrogen and oxygen atoms in total. The second-order valence-electron chi connectivity index (χ2n) is 11.5. The first-order valence-electron chi connectivity index (χ1n) is 17.0. The Balaban J connectivity index is 0.0000194. The van der Waals surface area contributed by atoms with E-state index in [-0.39, 0.29) is 53.9 Å². The third-order valence-electron chi connectivity index (χ3n) is 7.69. The van der Waals surface area contributed by atoms with Crippen molar-refractivity contribution < 1.29 is 61.6 Å². The summed E-state index contributed by atoms with van der Waals surface area (Å²) in [5, 5.41) is 0. The molecule has 0 aliphatic heterocycles. The molecule has 0 aliphatic carbocycles. The van der Waals surface area contributed by atoms with Crippen LogP contribution in [0.2, 0.25) is 0 Å². The van der Waals surface area contributed by atoms with Gasteiger partial charge in [0.25, 0.3) is 0 Å². The van der Waals surface area contributed by atoms with Crippen molar-refractivity contribution in [2.24, 2.45) is 0 Å². The van der Waals surface area contributed by atoms with E-state index < -0.39 is 27.0 Å². The van der Waals surface area contributed by atoms with E-state index in [0.29, 0.717) is 12.8 Å². The van der Waals surface area contributed by atoms with E-state index in [1.54, 1.807) is 0 Å². The molecule has 0 unspecified atom stereocenters. The van der Waals surface area contributed by atoms with Crippen LogP contribution in [0.3, 0.4) is 0 Å². The first kappa shape index (κ1) is 43.5. The molecule has 0 saturated heterocycles. The Bertz CT molecular complexity index is 1080. The number of hydrogen-bond acceptors (Lipinski definition) is 7. The summed E-state index contributed by atoms with van der Waals surface area (Å²) in [5.74, 6) is -1.56. The predicted octanol–water partition coefficient (Wildman–Crippen LogP) is 6.86. The van der Waals surface area contributed by atoms with Crippen LogP contribution >= 0.6 is 0 Å². The van der Waals surface area contributed by atoms with Crippen LogP contribution in [-0.2, 0) is 19.6 Å². The second-order valence-corrected chi connectivity index (χ2v) is 12.9. The van der Waals surface area contributed by atoms with Gasteiger partial charge >= 0.3 is 41.5 Å². The summed E-state index contributed by atoms with van der Waals surface area (Å²) in [7, 11) is -4.81. The van der Waals surface area contributed by atoms with Crippen LogP contribution in [0.15, 0.2) is 47.4 Å². The zero-order valence-corrected chi connectivity index (χ0v) is 31.2. The van der Waals surface area contributed by atoms with E-state index in [4.69, 9.17) is 9.47 Å². The van der Waals surface area contributed by atoms with Gasteiger partial charge in [-0.3, -0.25) is 0 Å². The van der Waals surface area contributed by atoms with E-state index in [1.165, 1.54) is 64.2 Å². The Morgan fingerprint density at radius 3 is 1.33 bits per heavy atom. The van der Waals surface area contributed by atoms with Gasteiger partial charge in [-0.2, -0.15) is 0 Å². The first-order valence-corrected chi connectivity index (χ1v) is 18.4. The first-order chi connectivity index (χ1) is 21.3. The molecule has 250 valence electrons. The monoisotopic (exact) mass is 656 g/mol. The fourth-order valence-electron chi connectivity index (χ4n) is 5.05. The average molecular weight is 657 g/mol. The normalized spacial score (nSPS) is 11.6. The Morgan fingerprint density at radius 1 is 0.600 bits per heavy atom. The molecule has 45 heavy (non-hydrogen) atoms. The molecule has 1 rings (SSSR count). The third kappa shape index (κ3) is 22.7. The summed E-state index contributed by atoms with van der Waals surface area (Å²) in [5.41, 5.74) is -0.352. The van der Waals surface area contributed by atoms with E-state index in [9.17, 15) is 22.6 Å². The standard InChI is InChI=1S/C36H58O7S.Na/c1-3-5-7-9-11-13-15-17-19-21-23-25-29-42-35(37)33-28-27-32(44(39,40)41)31-34(33)36(38)43-30-26-24-22-20-18-16-14-12-10-8-6-4-2;/h3-6,27-28,31H,7-26,29-30H2,1-2H3,(H,39,40,41);/q;+1/p-1/b5-3+,6-4+;. The maximum absolute atomic E-state index is 12.8. The van der Waals surface area contributed by atoms with Crippen LogP contribution in [0, 0.1) is 0 Å². The molecule has 0 fully saturated rings. The number of esters is 2. The number of ether oxygens (including phenoxy) is 2. The molecule has 0 aliphatic rings. The van der Waals surface area contributed by atoms with Crippen molar-refractivity contribution in [3.63, 3.8) is 0 Å². The van der Waals surface area contributed by atoms with Gasteiger partial charge in [0.1, 0.15) is 10.1 Å². The summed E-state index contributed by atoms with van der Waals surface area (Å²) < 4.78 is 45.4. The van der Waals surface area contributed by atoms with Gasteiger partial charge < -0.3 is 14.0 Å². The summed E-state index contributed by atoms with van der Waals surface area (Å²) in [4.78, 5) is 25.0. The van der Waals surface area contributed by atoms with Crippen molar-refractivity contribution in [1.82, 2.24) is 0 Å². The molecule has 1 aromatic rings. The minimum atomic E-state index is -4.81. The zero-order valence-electron chi connectivity index (χ0n) is 28.4. The third-order valence-corrected chi connectivity index (χ3v) is 8.52. The van der Waals surface area contributed by atoms with Crippen molar-refractivity contribution in [1.29, 1.82) is 0 Å². The summed E-state index contributed by atoms with van der Waals surface area (Å²) in [6, 6.07) is 3.10. The van der Waals surface area contributed by atoms with Crippen LogP contribution in [0.1, 0.15) is 163 Å². The molecule has 0 radical (unpaired) electrons. The predicted molar refractivity (Wildman–Crippen MR) is 177 cm³/mol. The Hall–Kier alpha value is -1.45. The Kier molecular flexibility index (Phi) is 27.8. The molecule has 9 heteroatoms. The second kappa shape index (κ2) is 28.7. The fourth-order valence-corrected chi connectivity index (χ4v) is 5.54. The van der Waals surface area contributed by atoms with Crippen molar-refractivity contribution in [2.75, 3.05) is 13.2 Å². The SMILES string of the molecule is C/C=C/CCCCCCCCCCCOC(=O)c1ccc(S(=O)(=O)[O-])cc1C(=O)OCCCCCCCCCCC/C=C/C.[Na+]. The summed E-state index contributed by atoms with van der Waals surface area (Å²) >= 11 is 0. The van der Waals surface area contributed by atoms with Gasteiger partial charge in [0.05, 0.1) is 29.2 Å². The summed E-state index contributed by atoms with van der Waals surface area (Å²) in [6.45, 7) is 4.46. The topological polar surface area (TPSA) is 110 Å². The van der Waals surface area contributed by atoms with Gasteiger partial charge in [0.2, 0.25) is 0 Å². The van der Waals surface area contributed by atoms with Crippen molar-refractivity contribution in [3.8, 4) is 0 Å². The number of unbranched alkanes of at least 4 members (excludes halogenated alkanes) is 18. The van der Waals surface area contributed by atoms with E-state index in [0.717, 1.165) is 69.6 Å². The van der Waals surface area contributed by atoms with Gasteiger partial charge in [-0.1, -0.05) is 114 Å². The van der Waals surface area contributed by atoms with E-state index in [1.807, 2.05) is 6.92 Å². The number of carbonyl (C=O) groups excluding carboxylic acids is 2. The van der Waals surface area contributed by atoms with Crippen LogP contribution in [-0.4, -0.2) is 38.1 Å². The molecule has 0 aromatic heterocycles. The summed E-state index contributed by atoms with van der Waals surface area (Å²) in [6.07, 6.45) is 31.0. The van der Waals surface area contributed by atoms with Crippen LogP contribution in [0.4, 0.5) is 0 Å². The van der Waals surface area contributed by atoms with E-state index >= 15 is 0 Å². The zero-order chi connectivity index (χ0) is 32.3. The Morgan fingerprint density at radius 2 is 0.956 bits per heavy atom. The Labute approximate surface area is 296 Å². The molecule has 0 N–H and O–H groups in total. The minimum Gasteiger partial charge on any atom is -0.744 e. The smallest absolute Gasteiger partial charge is 0.744 e. The molecule has 0 amide bonds. The van der Waals surface area contributed by atoms with Crippen LogP contribution < -0.4 is 29.6 Å². The quantitative estimate of drug-likeness (QED) is 0.0335. The maximum Gasteiger partial charge on any atom is 1.00 e. The van der Waals surface area contributed by atoms with Gasteiger partial charge in [-0.25, -0.2) is 18.0 Å². The number of benzene rings is 1. The average Bonchev–Trinajstić information content (AvgIpc) is 3.00. The molecular formula is C36H57NaO7S. The van der Waals surface area contributed by atoms with Crippen LogP contribution in [0.5, 0.6) is 0 Å². The maximum atomic E-state index is 12.8. The molecular weight excluding hydrogens is 599 g/mol. The largest absolute Gasteiger partial charge is 1.00 e. The molecule has 0 bridgehead atoms. The van der Waals surface area contributed by atoms with Gasteiger partial charge in [0, 0.05) is 0 Å². The molecule has 0 saturated carbocycles. The van der Waals surface area contributed by atoms with Crippen molar-refractivity contribution >= 4 is 22.1 Å². The van der Waals surface area contributed by atoms with Gasteiger partial charge in [-0.05, 0) is 70.6 Å². The number of carbonyl (C=O) groups is 2. The number of allylic oxidation sites excluding steroid dienone is 4. The van der Waals surface area contributed by atoms with Crippen molar-refractivity contribution in [3.05, 3.63) is 53.6 Å². The number of hydrogen-bond donors (Lipinski definition) is 0. The van der Waals surface area contributed by atoms with Crippen molar-refractivity contribution in [2.45, 2.75) is 147 Å². The molecule has 0 spiro atoms.